The molecule has 1 aromatic rings. The minimum Gasteiger partial charge on any atom is -0.452 e. The topological polar surface area (TPSA) is 84.5 Å². The van der Waals surface area contributed by atoms with Gasteiger partial charge in [-0.3, -0.25) is 14.4 Å². The van der Waals surface area contributed by atoms with E-state index in [1.807, 2.05) is 37.3 Å². The van der Waals surface area contributed by atoms with Crippen molar-refractivity contribution in [1.82, 2.24) is 10.6 Å². The Morgan fingerprint density at radius 2 is 2.04 bits per heavy atom. The minimum atomic E-state index is -0.983. The van der Waals surface area contributed by atoms with Crippen molar-refractivity contribution in [3.05, 3.63) is 35.9 Å². The van der Waals surface area contributed by atoms with Crippen molar-refractivity contribution in [2.75, 3.05) is 13.1 Å². The Balaban J connectivity index is 2.21. The first-order chi connectivity index (χ1) is 11.5. The molecule has 0 saturated carbocycles. The zero-order valence-electron chi connectivity index (χ0n) is 14.1. The normalized spacial score (nSPS) is 21.0. The minimum absolute atomic E-state index is 0.148. The van der Waals surface area contributed by atoms with Gasteiger partial charge in [0, 0.05) is 25.9 Å². The molecule has 0 bridgehead atoms. The monoisotopic (exact) mass is 332 g/mol. The standard InChI is InChI=1S/C18H24N2O4/c1-3-4-10-19-18(23)16(24-12(2)21)14-11-20-17(22)15(14)13-8-6-5-7-9-13/h5-9,14-16H,3-4,10-11H2,1-2H3,(H,19,23)(H,20,22)/t14?,15-,16?/m1/s1. The number of unbranched alkanes of at least 4 members (excludes halogenated alkanes) is 1. The van der Waals surface area contributed by atoms with E-state index in [9.17, 15) is 14.4 Å². The number of hydrogen-bond donors (Lipinski definition) is 2. The summed E-state index contributed by atoms with van der Waals surface area (Å²) in [7, 11) is 0. The van der Waals surface area contributed by atoms with E-state index in [0.717, 1.165) is 18.4 Å². The highest BCUT2D eigenvalue weighted by Gasteiger charge is 2.44. The number of nitrogens with one attached hydrogen (secondary N) is 2. The Kier molecular flexibility index (Phi) is 6.35. The van der Waals surface area contributed by atoms with Gasteiger partial charge in [0.2, 0.25) is 5.91 Å². The molecular formula is C18H24N2O4. The van der Waals surface area contributed by atoms with Crippen molar-refractivity contribution in [2.24, 2.45) is 5.92 Å². The van der Waals surface area contributed by atoms with Crippen LogP contribution in [-0.2, 0) is 19.1 Å². The van der Waals surface area contributed by atoms with Crippen LogP contribution in [0.15, 0.2) is 30.3 Å². The van der Waals surface area contributed by atoms with Gasteiger partial charge in [-0.25, -0.2) is 0 Å². The predicted octanol–water partition coefficient (Wildman–Crippen LogP) is 1.36. The van der Waals surface area contributed by atoms with E-state index in [0.29, 0.717) is 13.1 Å². The lowest BCUT2D eigenvalue weighted by Gasteiger charge is -2.25. The molecule has 2 unspecified atom stereocenters. The molecule has 0 spiro atoms. The fourth-order valence-corrected chi connectivity index (χ4v) is 2.98. The van der Waals surface area contributed by atoms with Crippen LogP contribution in [0.25, 0.3) is 0 Å². The molecule has 1 fully saturated rings. The van der Waals surface area contributed by atoms with Crippen LogP contribution in [-0.4, -0.2) is 37.0 Å². The van der Waals surface area contributed by atoms with Gasteiger partial charge in [0.25, 0.3) is 5.91 Å². The van der Waals surface area contributed by atoms with E-state index in [1.165, 1.54) is 6.92 Å². The number of hydrogen-bond acceptors (Lipinski definition) is 4. The summed E-state index contributed by atoms with van der Waals surface area (Å²) in [5.41, 5.74) is 0.816. The average Bonchev–Trinajstić information content (AvgIpc) is 2.94. The first kappa shape index (κ1) is 18.0. The third-order valence-corrected chi connectivity index (χ3v) is 4.15. The molecule has 1 heterocycles. The first-order valence-corrected chi connectivity index (χ1v) is 8.32. The number of ether oxygens (including phenoxy) is 1. The first-order valence-electron chi connectivity index (χ1n) is 8.32. The maximum absolute atomic E-state index is 12.5. The van der Waals surface area contributed by atoms with Crippen molar-refractivity contribution >= 4 is 17.8 Å². The van der Waals surface area contributed by atoms with Crippen LogP contribution in [0.2, 0.25) is 0 Å². The van der Waals surface area contributed by atoms with Crippen molar-refractivity contribution in [1.29, 1.82) is 0 Å². The lowest BCUT2D eigenvalue weighted by atomic mass is 9.84. The van der Waals surface area contributed by atoms with Crippen LogP contribution in [0.3, 0.4) is 0 Å². The number of carbonyl (C=O) groups excluding carboxylic acids is 3. The summed E-state index contributed by atoms with van der Waals surface area (Å²) in [5, 5.41) is 5.58. The number of amides is 2. The Labute approximate surface area is 142 Å². The van der Waals surface area contributed by atoms with E-state index in [1.54, 1.807) is 0 Å². The molecule has 2 rings (SSSR count). The van der Waals surface area contributed by atoms with Gasteiger partial charge in [-0.1, -0.05) is 43.7 Å². The van der Waals surface area contributed by atoms with Crippen LogP contribution in [0, 0.1) is 5.92 Å². The fraction of sp³-hybridized carbons (Fsp3) is 0.500. The van der Waals surface area contributed by atoms with Crippen molar-refractivity contribution in [3.63, 3.8) is 0 Å². The predicted molar refractivity (Wildman–Crippen MR) is 89.2 cm³/mol. The molecule has 2 N–H and O–H groups in total. The van der Waals surface area contributed by atoms with Gasteiger partial charge >= 0.3 is 5.97 Å². The maximum atomic E-state index is 12.5. The molecular weight excluding hydrogens is 308 g/mol. The molecule has 1 aliphatic heterocycles. The van der Waals surface area contributed by atoms with Crippen LogP contribution in [0.5, 0.6) is 0 Å². The zero-order chi connectivity index (χ0) is 17.5. The van der Waals surface area contributed by atoms with Gasteiger partial charge in [-0.2, -0.15) is 0 Å². The Bertz CT molecular complexity index is 588. The van der Waals surface area contributed by atoms with Crippen molar-refractivity contribution in [2.45, 2.75) is 38.7 Å². The summed E-state index contributed by atoms with van der Waals surface area (Å²) in [6, 6.07) is 9.26. The summed E-state index contributed by atoms with van der Waals surface area (Å²) in [6.45, 7) is 4.13. The van der Waals surface area contributed by atoms with E-state index in [4.69, 9.17) is 4.74 Å². The van der Waals surface area contributed by atoms with E-state index >= 15 is 0 Å². The second-order valence-corrected chi connectivity index (χ2v) is 5.97. The van der Waals surface area contributed by atoms with Crippen LogP contribution in [0.4, 0.5) is 0 Å². The molecule has 24 heavy (non-hydrogen) atoms. The smallest absolute Gasteiger partial charge is 0.303 e. The highest BCUT2D eigenvalue weighted by molar-refractivity contribution is 5.90. The third kappa shape index (κ3) is 4.34. The number of esters is 1. The van der Waals surface area contributed by atoms with Crippen LogP contribution >= 0.6 is 0 Å². The third-order valence-electron chi connectivity index (χ3n) is 4.15. The van der Waals surface area contributed by atoms with Crippen molar-refractivity contribution < 1.29 is 19.1 Å². The molecule has 1 saturated heterocycles. The molecule has 1 aromatic carbocycles. The molecule has 0 radical (unpaired) electrons. The summed E-state index contributed by atoms with van der Waals surface area (Å²) in [6.07, 6.45) is 0.820. The molecule has 0 aliphatic carbocycles. The summed E-state index contributed by atoms with van der Waals surface area (Å²) < 4.78 is 5.28. The van der Waals surface area contributed by atoms with Crippen LogP contribution < -0.4 is 10.6 Å². The summed E-state index contributed by atoms with van der Waals surface area (Å²) in [5.74, 6) is -1.96. The maximum Gasteiger partial charge on any atom is 0.303 e. The Hall–Kier alpha value is -2.37. The largest absolute Gasteiger partial charge is 0.452 e. The Morgan fingerprint density at radius 3 is 2.67 bits per heavy atom. The Morgan fingerprint density at radius 1 is 1.33 bits per heavy atom. The lowest BCUT2D eigenvalue weighted by Crippen LogP contribution is -2.44. The molecule has 3 atom stereocenters. The van der Waals surface area contributed by atoms with Gasteiger partial charge in [0.15, 0.2) is 6.10 Å². The second-order valence-electron chi connectivity index (χ2n) is 5.97. The van der Waals surface area contributed by atoms with E-state index < -0.39 is 23.9 Å². The van der Waals surface area contributed by atoms with Gasteiger partial charge < -0.3 is 15.4 Å². The van der Waals surface area contributed by atoms with Gasteiger partial charge in [-0.05, 0) is 12.0 Å². The summed E-state index contributed by atoms with van der Waals surface area (Å²) >= 11 is 0. The average molecular weight is 332 g/mol. The fourth-order valence-electron chi connectivity index (χ4n) is 2.98. The SMILES string of the molecule is CCCCNC(=O)C(OC(C)=O)C1CNC(=O)[C@@H]1c1ccccc1. The van der Waals surface area contributed by atoms with Gasteiger partial charge in [0.05, 0.1) is 5.92 Å². The zero-order valence-corrected chi connectivity index (χ0v) is 14.1. The molecule has 0 aromatic heterocycles. The van der Waals surface area contributed by atoms with Crippen molar-refractivity contribution in [3.8, 4) is 0 Å². The van der Waals surface area contributed by atoms with Crippen LogP contribution in [0.1, 0.15) is 38.2 Å². The number of benzene rings is 1. The van der Waals surface area contributed by atoms with Gasteiger partial charge in [0.1, 0.15) is 0 Å². The molecule has 1 aliphatic rings. The highest BCUT2D eigenvalue weighted by Crippen LogP contribution is 2.32. The highest BCUT2D eigenvalue weighted by atomic mass is 16.5. The molecule has 6 heteroatoms. The number of rotatable bonds is 7. The van der Waals surface area contributed by atoms with E-state index in [-0.39, 0.29) is 11.8 Å². The van der Waals surface area contributed by atoms with Gasteiger partial charge in [-0.15, -0.1) is 0 Å². The molecule has 130 valence electrons. The molecule has 2 amide bonds. The number of carbonyl (C=O) groups is 3. The van der Waals surface area contributed by atoms with E-state index in [2.05, 4.69) is 10.6 Å². The quantitative estimate of drug-likeness (QED) is 0.583. The summed E-state index contributed by atoms with van der Waals surface area (Å²) in [4.78, 5) is 36.2. The second kappa shape index (κ2) is 8.47. The lowest BCUT2D eigenvalue weighted by molar-refractivity contribution is -0.157. The molecule has 6 nitrogen and oxygen atoms in total.